The first-order valence-electron chi connectivity index (χ1n) is 12.6. The second-order valence-electron chi connectivity index (χ2n) is 9.61. The van der Waals surface area contributed by atoms with Gasteiger partial charge in [-0.1, -0.05) is 50.5 Å². The number of rotatable bonds is 6. The second kappa shape index (κ2) is 10.4. The third-order valence-electron chi connectivity index (χ3n) is 7.47. The molecule has 7 heteroatoms. The lowest BCUT2D eigenvalue weighted by Crippen LogP contribution is -2.52. The normalized spacial score (nSPS) is 19.7. The number of hydrogen-bond acceptors (Lipinski definition) is 5. The Morgan fingerprint density at radius 3 is 2.63 bits per heavy atom. The molecular formula is C28H32N3O3S. The van der Waals surface area contributed by atoms with Crippen LogP contribution in [0.3, 0.4) is 0 Å². The van der Waals surface area contributed by atoms with Gasteiger partial charge in [0.25, 0.3) is 0 Å². The highest BCUT2D eigenvalue weighted by Gasteiger charge is 2.39. The average Bonchev–Trinajstić information content (AvgIpc) is 3.58. The van der Waals surface area contributed by atoms with Crippen LogP contribution in [0.4, 0.5) is 0 Å². The summed E-state index contributed by atoms with van der Waals surface area (Å²) >= 11 is 1.58. The van der Waals surface area contributed by atoms with Crippen LogP contribution < -0.4 is 5.32 Å². The van der Waals surface area contributed by atoms with Crippen molar-refractivity contribution in [2.24, 2.45) is 5.92 Å². The maximum Gasteiger partial charge on any atom is 0.246 e. The number of benzene rings is 2. The molecular weight excluding hydrogens is 458 g/mol. The van der Waals surface area contributed by atoms with Gasteiger partial charge in [0.05, 0.1) is 11.7 Å². The third kappa shape index (κ3) is 4.79. The van der Waals surface area contributed by atoms with Crippen LogP contribution in [0.25, 0.3) is 22.0 Å². The molecule has 183 valence electrons. The van der Waals surface area contributed by atoms with Gasteiger partial charge in [-0.2, -0.15) is 0 Å². The summed E-state index contributed by atoms with van der Waals surface area (Å²) in [6.07, 6.45) is 8.69. The van der Waals surface area contributed by atoms with Gasteiger partial charge in [-0.3, -0.25) is 9.59 Å². The highest BCUT2D eigenvalue weighted by molar-refractivity contribution is 7.10. The van der Waals surface area contributed by atoms with Gasteiger partial charge in [0, 0.05) is 29.3 Å². The molecule has 1 saturated carbocycles. The van der Waals surface area contributed by atoms with Crippen LogP contribution in [0.5, 0.6) is 5.75 Å². The predicted octanol–water partition coefficient (Wildman–Crippen LogP) is 5.62. The predicted molar refractivity (Wildman–Crippen MR) is 139 cm³/mol. The molecule has 2 heterocycles. The summed E-state index contributed by atoms with van der Waals surface area (Å²) in [6.45, 7) is 2.40. The number of carbonyl (C=O) groups is 2. The molecule has 1 aromatic heterocycles. The van der Waals surface area contributed by atoms with Crippen molar-refractivity contribution in [2.75, 3.05) is 6.54 Å². The van der Waals surface area contributed by atoms with Crippen molar-refractivity contribution in [1.29, 1.82) is 0 Å². The van der Waals surface area contributed by atoms with Crippen LogP contribution >= 0.6 is 11.3 Å². The zero-order chi connectivity index (χ0) is 24.4. The van der Waals surface area contributed by atoms with Crippen LogP contribution in [0.2, 0.25) is 0 Å². The first-order valence-corrected chi connectivity index (χ1v) is 13.5. The lowest BCUT2D eigenvalue weighted by molar-refractivity contribution is -0.138. The molecule has 1 aliphatic carbocycles. The van der Waals surface area contributed by atoms with E-state index in [0.29, 0.717) is 6.54 Å². The minimum atomic E-state index is -0.472. The third-order valence-corrected chi connectivity index (χ3v) is 8.41. The molecule has 1 radical (unpaired) electrons. The standard InChI is InChI=1S/C28H32N3O3S/c1-2-25(33)30-26(18-9-4-3-5-10-18)28(34)31-16-8-13-23(31)27-29-22(17-35-27)20-14-15-24(32)21-12-7-6-11-19(20)21/h2,6-7,11-12,14-15,17-18,23,26,32H,3-5,8-10,13,16H2,1H3,(H,30,33)/t23-,26-/m0/s1. The van der Waals surface area contributed by atoms with Crippen molar-refractivity contribution in [3.63, 3.8) is 0 Å². The van der Waals surface area contributed by atoms with Crippen molar-refractivity contribution in [2.45, 2.75) is 64.0 Å². The Morgan fingerprint density at radius 1 is 1.09 bits per heavy atom. The van der Waals surface area contributed by atoms with Gasteiger partial charge in [-0.05, 0) is 49.1 Å². The molecule has 2 aromatic carbocycles. The molecule has 2 aliphatic rings. The van der Waals surface area contributed by atoms with E-state index in [0.717, 1.165) is 65.6 Å². The summed E-state index contributed by atoms with van der Waals surface area (Å²) < 4.78 is 0. The first kappa shape index (κ1) is 23.8. The molecule has 0 bridgehead atoms. The molecule has 1 aliphatic heterocycles. The summed E-state index contributed by atoms with van der Waals surface area (Å²) in [6, 6.07) is 10.9. The number of likely N-dealkylation sites (tertiary alicyclic amines) is 1. The fraction of sp³-hybridized carbons (Fsp3) is 0.429. The fourth-order valence-corrected chi connectivity index (χ4v) is 6.59. The molecule has 2 fully saturated rings. The van der Waals surface area contributed by atoms with E-state index in [2.05, 4.69) is 5.32 Å². The van der Waals surface area contributed by atoms with E-state index in [1.807, 2.05) is 40.6 Å². The monoisotopic (exact) mass is 490 g/mol. The molecule has 6 nitrogen and oxygen atoms in total. The van der Waals surface area contributed by atoms with Gasteiger partial charge >= 0.3 is 0 Å². The Labute approximate surface area is 210 Å². The quantitative estimate of drug-likeness (QED) is 0.470. The van der Waals surface area contributed by atoms with E-state index in [1.54, 1.807) is 24.3 Å². The minimum Gasteiger partial charge on any atom is -0.507 e. The molecule has 2 atom stereocenters. The molecule has 0 spiro atoms. The molecule has 35 heavy (non-hydrogen) atoms. The minimum absolute atomic E-state index is 0.0291. The summed E-state index contributed by atoms with van der Waals surface area (Å²) in [4.78, 5) is 33.0. The maximum atomic E-state index is 13.8. The highest BCUT2D eigenvalue weighted by Crippen LogP contribution is 2.39. The van der Waals surface area contributed by atoms with E-state index in [1.165, 1.54) is 12.8 Å². The van der Waals surface area contributed by atoms with Crippen molar-refractivity contribution in [1.82, 2.24) is 15.2 Å². The second-order valence-corrected chi connectivity index (χ2v) is 10.5. The number of aromatic hydroxyl groups is 1. The largest absolute Gasteiger partial charge is 0.507 e. The molecule has 0 unspecified atom stereocenters. The van der Waals surface area contributed by atoms with E-state index in [9.17, 15) is 14.7 Å². The van der Waals surface area contributed by atoms with Gasteiger partial charge in [-0.15, -0.1) is 11.3 Å². The van der Waals surface area contributed by atoms with Gasteiger partial charge < -0.3 is 15.3 Å². The number of phenols is 1. The van der Waals surface area contributed by atoms with Crippen molar-refractivity contribution >= 4 is 33.9 Å². The molecule has 2 N–H and O–H groups in total. The van der Waals surface area contributed by atoms with Crippen molar-refractivity contribution in [3.8, 4) is 17.0 Å². The number of hydrogen-bond donors (Lipinski definition) is 2. The Bertz CT molecular complexity index is 1220. The average molecular weight is 491 g/mol. The highest BCUT2D eigenvalue weighted by atomic mass is 32.1. The van der Waals surface area contributed by atoms with Gasteiger partial charge in [0.15, 0.2) is 0 Å². The smallest absolute Gasteiger partial charge is 0.246 e. The van der Waals surface area contributed by atoms with Crippen LogP contribution in [0.1, 0.15) is 62.9 Å². The first-order chi connectivity index (χ1) is 17.1. The van der Waals surface area contributed by atoms with E-state index in [4.69, 9.17) is 4.98 Å². The maximum absolute atomic E-state index is 13.8. The molecule has 5 rings (SSSR count). The van der Waals surface area contributed by atoms with Crippen molar-refractivity contribution in [3.05, 3.63) is 53.2 Å². The summed E-state index contributed by atoms with van der Waals surface area (Å²) in [7, 11) is 0. The number of phenolic OH excluding ortho intramolecular Hbond substituents is 1. The SMILES string of the molecule is C[CH]C(=O)N[C@H](C(=O)N1CCC[C@H]1c1nc(-c2ccc(O)c3ccccc23)cs1)C1CCCCC1. The van der Waals surface area contributed by atoms with Gasteiger partial charge in [0.1, 0.15) is 16.8 Å². The number of nitrogens with zero attached hydrogens (tertiary/aromatic N) is 2. The number of fused-ring (bicyclic) bond motifs is 1. The van der Waals surface area contributed by atoms with Gasteiger partial charge in [-0.25, -0.2) is 4.98 Å². The number of nitrogens with one attached hydrogen (secondary N) is 1. The van der Waals surface area contributed by atoms with Crippen LogP contribution in [0.15, 0.2) is 41.8 Å². The lowest BCUT2D eigenvalue weighted by Gasteiger charge is -2.34. The van der Waals surface area contributed by atoms with Gasteiger partial charge in [0.2, 0.25) is 11.8 Å². The zero-order valence-corrected chi connectivity index (χ0v) is 20.9. The fourth-order valence-electron chi connectivity index (χ4n) is 5.62. The van der Waals surface area contributed by atoms with Crippen LogP contribution in [-0.2, 0) is 9.59 Å². The number of amides is 2. The van der Waals surface area contributed by atoms with Crippen LogP contribution in [0, 0.1) is 12.3 Å². The Kier molecular flexibility index (Phi) is 7.04. The Hall–Kier alpha value is -2.93. The molecule has 2 amide bonds. The van der Waals surface area contributed by atoms with Crippen molar-refractivity contribution < 1.29 is 14.7 Å². The molecule has 1 saturated heterocycles. The molecule has 3 aromatic rings. The summed E-state index contributed by atoms with van der Waals surface area (Å²) in [5, 5.41) is 18.0. The summed E-state index contributed by atoms with van der Waals surface area (Å²) in [5.41, 5.74) is 1.83. The Morgan fingerprint density at radius 2 is 1.86 bits per heavy atom. The van der Waals surface area contributed by atoms with E-state index < -0.39 is 6.04 Å². The number of thiazole rings is 1. The number of carbonyl (C=O) groups excluding carboxylic acids is 2. The van der Waals surface area contributed by atoms with E-state index >= 15 is 0 Å². The van der Waals surface area contributed by atoms with E-state index in [-0.39, 0.29) is 29.5 Å². The topological polar surface area (TPSA) is 82.5 Å². The summed E-state index contributed by atoms with van der Waals surface area (Å²) in [5.74, 6) is 0.297. The number of aromatic nitrogens is 1. The van der Waals surface area contributed by atoms with Crippen LogP contribution in [-0.4, -0.2) is 39.4 Å². The Balaban J connectivity index is 1.41. The zero-order valence-electron chi connectivity index (χ0n) is 20.1. The lowest BCUT2D eigenvalue weighted by atomic mass is 9.83.